The van der Waals surface area contributed by atoms with Crippen LogP contribution in [0.1, 0.15) is 23.4 Å². The zero-order valence-electron chi connectivity index (χ0n) is 11.6. The quantitative estimate of drug-likeness (QED) is 0.884. The van der Waals surface area contributed by atoms with Crippen molar-refractivity contribution in [1.82, 2.24) is 5.32 Å². The number of likely N-dealkylation sites (N-methyl/N-ethyl adjacent to an activating group) is 1. The third kappa shape index (κ3) is 2.97. The standard InChI is InChI=1S/C16H19NO2S/c1-2-17-15-11-19-16-10-12(5-6-14(15)16)18-8-7-13-4-3-9-20-13/h3-6,9-10,15,17H,2,7-8,11H2,1H3. The first kappa shape index (κ1) is 13.5. The van der Waals surface area contributed by atoms with Gasteiger partial charge in [0.05, 0.1) is 12.6 Å². The fourth-order valence-corrected chi connectivity index (χ4v) is 3.11. The second-order valence-corrected chi connectivity index (χ2v) is 5.83. The van der Waals surface area contributed by atoms with Gasteiger partial charge in [0.1, 0.15) is 18.1 Å². The highest BCUT2D eigenvalue weighted by Gasteiger charge is 2.23. The van der Waals surface area contributed by atoms with Crippen molar-refractivity contribution in [3.63, 3.8) is 0 Å². The Hall–Kier alpha value is -1.52. The van der Waals surface area contributed by atoms with Crippen LogP contribution in [0, 0.1) is 0 Å². The number of thiophene rings is 1. The molecule has 3 rings (SSSR count). The van der Waals surface area contributed by atoms with Crippen molar-refractivity contribution in [1.29, 1.82) is 0 Å². The highest BCUT2D eigenvalue weighted by atomic mass is 32.1. The summed E-state index contributed by atoms with van der Waals surface area (Å²) in [6.45, 7) is 4.48. The predicted molar refractivity (Wildman–Crippen MR) is 81.9 cm³/mol. The van der Waals surface area contributed by atoms with Gasteiger partial charge in [0.25, 0.3) is 0 Å². The molecular formula is C16H19NO2S. The zero-order chi connectivity index (χ0) is 13.8. The lowest BCUT2D eigenvalue weighted by molar-refractivity contribution is 0.305. The Labute approximate surface area is 123 Å². The topological polar surface area (TPSA) is 30.5 Å². The fraction of sp³-hybridized carbons (Fsp3) is 0.375. The molecule has 1 aliphatic heterocycles. The predicted octanol–water partition coefficient (Wildman–Crippen LogP) is 3.41. The monoisotopic (exact) mass is 289 g/mol. The Balaban J connectivity index is 1.59. The summed E-state index contributed by atoms with van der Waals surface area (Å²) in [6, 6.07) is 10.7. The summed E-state index contributed by atoms with van der Waals surface area (Å²) in [4.78, 5) is 1.36. The Morgan fingerprint density at radius 3 is 3.15 bits per heavy atom. The number of benzene rings is 1. The van der Waals surface area contributed by atoms with Gasteiger partial charge in [0, 0.05) is 22.9 Å². The number of nitrogens with one attached hydrogen (secondary N) is 1. The van der Waals surface area contributed by atoms with E-state index < -0.39 is 0 Å². The average Bonchev–Trinajstić information content (AvgIpc) is 3.09. The molecule has 2 aromatic rings. The number of hydrogen-bond acceptors (Lipinski definition) is 4. The molecule has 0 radical (unpaired) electrons. The fourth-order valence-electron chi connectivity index (χ4n) is 2.42. The Morgan fingerprint density at radius 2 is 2.35 bits per heavy atom. The van der Waals surface area contributed by atoms with Crippen molar-refractivity contribution in [2.24, 2.45) is 0 Å². The smallest absolute Gasteiger partial charge is 0.127 e. The van der Waals surface area contributed by atoms with Gasteiger partial charge < -0.3 is 14.8 Å². The van der Waals surface area contributed by atoms with Gasteiger partial charge in [-0.2, -0.15) is 0 Å². The van der Waals surface area contributed by atoms with Crippen molar-refractivity contribution in [3.8, 4) is 11.5 Å². The molecular weight excluding hydrogens is 270 g/mol. The van der Waals surface area contributed by atoms with Crippen LogP contribution in [0.5, 0.6) is 11.5 Å². The first-order valence-electron chi connectivity index (χ1n) is 7.02. The molecule has 4 heteroatoms. The van der Waals surface area contributed by atoms with Crippen LogP contribution < -0.4 is 14.8 Å². The third-order valence-electron chi connectivity index (χ3n) is 3.41. The van der Waals surface area contributed by atoms with Gasteiger partial charge in [-0.3, -0.25) is 0 Å². The number of fused-ring (bicyclic) bond motifs is 1. The summed E-state index contributed by atoms with van der Waals surface area (Å²) in [6.07, 6.45) is 0.954. The van der Waals surface area contributed by atoms with E-state index in [0.29, 0.717) is 19.3 Å². The molecule has 3 nitrogen and oxygen atoms in total. The van der Waals surface area contributed by atoms with E-state index in [9.17, 15) is 0 Å². The van der Waals surface area contributed by atoms with E-state index in [1.54, 1.807) is 11.3 Å². The van der Waals surface area contributed by atoms with Crippen molar-refractivity contribution < 1.29 is 9.47 Å². The van der Waals surface area contributed by atoms with E-state index in [1.807, 2.05) is 12.1 Å². The first-order chi connectivity index (χ1) is 9.86. The van der Waals surface area contributed by atoms with Crippen LogP contribution in [0.25, 0.3) is 0 Å². The number of rotatable bonds is 6. The van der Waals surface area contributed by atoms with E-state index in [1.165, 1.54) is 10.4 Å². The summed E-state index contributed by atoms with van der Waals surface area (Å²) in [5, 5.41) is 5.51. The molecule has 0 bridgehead atoms. The first-order valence-corrected chi connectivity index (χ1v) is 7.90. The maximum Gasteiger partial charge on any atom is 0.127 e. The molecule has 0 amide bonds. The lowest BCUT2D eigenvalue weighted by Gasteiger charge is -2.10. The molecule has 0 aliphatic carbocycles. The van der Waals surface area contributed by atoms with Gasteiger partial charge >= 0.3 is 0 Å². The van der Waals surface area contributed by atoms with E-state index in [0.717, 1.165) is 24.5 Å². The molecule has 0 fully saturated rings. The molecule has 1 unspecified atom stereocenters. The summed E-state index contributed by atoms with van der Waals surface area (Å²) < 4.78 is 11.5. The largest absolute Gasteiger partial charge is 0.493 e. The molecule has 1 aliphatic rings. The summed E-state index contributed by atoms with van der Waals surface area (Å²) in [7, 11) is 0. The average molecular weight is 289 g/mol. The normalized spacial score (nSPS) is 16.8. The highest BCUT2D eigenvalue weighted by Crippen LogP contribution is 2.35. The third-order valence-corrected chi connectivity index (χ3v) is 4.35. The molecule has 1 aromatic heterocycles. The number of hydrogen-bond donors (Lipinski definition) is 1. The molecule has 1 atom stereocenters. The van der Waals surface area contributed by atoms with Crippen LogP contribution in [0.15, 0.2) is 35.7 Å². The van der Waals surface area contributed by atoms with Crippen LogP contribution in [0.3, 0.4) is 0 Å². The second-order valence-electron chi connectivity index (χ2n) is 4.80. The molecule has 1 aromatic carbocycles. The summed E-state index contributed by atoms with van der Waals surface area (Å²) in [5.41, 5.74) is 1.23. The maximum atomic E-state index is 5.81. The molecule has 106 valence electrons. The Kier molecular flexibility index (Phi) is 4.23. The Morgan fingerprint density at radius 1 is 1.40 bits per heavy atom. The van der Waals surface area contributed by atoms with Crippen molar-refractivity contribution in [3.05, 3.63) is 46.2 Å². The van der Waals surface area contributed by atoms with Crippen LogP contribution in [-0.4, -0.2) is 19.8 Å². The Bertz CT molecular complexity index is 554. The van der Waals surface area contributed by atoms with Crippen molar-refractivity contribution in [2.45, 2.75) is 19.4 Å². The van der Waals surface area contributed by atoms with Crippen LogP contribution in [-0.2, 0) is 6.42 Å². The minimum Gasteiger partial charge on any atom is -0.493 e. The molecule has 0 saturated heterocycles. The van der Waals surface area contributed by atoms with Crippen LogP contribution >= 0.6 is 11.3 Å². The van der Waals surface area contributed by atoms with E-state index in [2.05, 4.69) is 35.8 Å². The maximum absolute atomic E-state index is 5.81. The molecule has 1 N–H and O–H groups in total. The van der Waals surface area contributed by atoms with Crippen molar-refractivity contribution >= 4 is 11.3 Å². The van der Waals surface area contributed by atoms with Gasteiger partial charge in [0.15, 0.2) is 0 Å². The lowest BCUT2D eigenvalue weighted by Crippen LogP contribution is -2.21. The van der Waals surface area contributed by atoms with Gasteiger partial charge in [-0.15, -0.1) is 11.3 Å². The van der Waals surface area contributed by atoms with Gasteiger partial charge in [-0.1, -0.05) is 13.0 Å². The molecule has 0 saturated carbocycles. The van der Waals surface area contributed by atoms with Crippen LogP contribution in [0.2, 0.25) is 0 Å². The number of ether oxygens (including phenoxy) is 2. The zero-order valence-corrected chi connectivity index (χ0v) is 12.4. The van der Waals surface area contributed by atoms with Crippen molar-refractivity contribution in [2.75, 3.05) is 19.8 Å². The molecule has 2 heterocycles. The minimum absolute atomic E-state index is 0.315. The summed E-state index contributed by atoms with van der Waals surface area (Å²) >= 11 is 1.77. The van der Waals surface area contributed by atoms with Crippen LogP contribution in [0.4, 0.5) is 0 Å². The lowest BCUT2D eigenvalue weighted by atomic mass is 10.1. The minimum atomic E-state index is 0.315. The summed E-state index contributed by atoms with van der Waals surface area (Å²) in [5.74, 6) is 1.84. The van der Waals surface area contributed by atoms with Gasteiger partial charge in [-0.05, 0) is 30.1 Å². The highest BCUT2D eigenvalue weighted by molar-refractivity contribution is 7.09. The van der Waals surface area contributed by atoms with E-state index in [4.69, 9.17) is 9.47 Å². The molecule has 20 heavy (non-hydrogen) atoms. The van der Waals surface area contributed by atoms with Gasteiger partial charge in [0.2, 0.25) is 0 Å². The van der Waals surface area contributed by atoms with E-state index >= 15 is 0 Å². The van der Waals surface area contributed by atoms with E-state index in [-0.39, 0.29) is 0 Å². The second kappa shape index (κ2) is 6.29. The van der Waals surface area contributed by atoms with Gasteiger partial charge in [-0.25, -0.2) is 0 Å². The SMILES string of the molecule is CCNC1COc2cc(OCCc3cccs3)ccc21. The molecule has 0 spiro atoms.